The molecule has 0 aliphatic carbocycles. The third-order valence-corrected chi connectivity index (χ3v) is 3.19. The van der Waals surface area contributed by atoms with Crippen molar-refractivity contribution in [3.63, 3.8) is 0 Å². The maximum atomic E-state index is 10.0. The van der Waals surface area contributed by atoms with Crippen LogP contribution in [0, 0.1) is 0 Å². The molecule has 0 heterocycles. The van der Waals surface area contributed by atoms with Crippen LogP contribution in [-0.2, 0) is 0 Å². The largest absolute Gasteiger partial charge is 0.507 e. The number of rotatable bonds is 7. The van der Waals surface area contributed by atoms with Crippen molar-refractivity contribution in [2.24, 2.45) is 4.99 Å². The summed E-state index contributed by atoms with van der Waals surface area (Å²) in [4.78, 5) is 4.34. The Morgan fingerprint density at radius 2 is 1.82 bits per heavy atom. The Morgan fingerprint density at radius 1 is 1.09 bits per heavy atom. The summed E-state index contributed by atoms with van der Waals surface area (Å²) in [7, 11) is 1.63. The molecule has 0 atom stereocenters. The summed E-state index contributed by atoms with van der Waals surface area (Å²) in [6.45, 7) is 2.77. The van der Waals surface area contributed by atoms with Gasteiger partial charge in [0.2, 0.25) is 0 Å². The number of ether oxygens (including phenoxy) is 2. The van der Waals surface area contributed by atoms with Gasteiger partial charge >= 0.3 is 0 Å². The van der Waals surface area contributed by atoms with E-state index in [2.05, 4.69) is 11.9 Å². The predicted molar refractivity (Wildman–Crippen MR) is 88.8 cm³/mol. The van der Waals surface area contributed by atoms with Crippen molar-refractivity contribution in [3.8, 4) is 17.2 Å². The van der Waals surface area contributed by atoms with Crippen LogP contribution >= 0.6 is 0 Å². The Kier molecular flexibility index (Phi) is 5.83. The second kappa shape index (κ2) is 8.08. The Morgan fingerprint density at radius 3 is 2.45 bits per heavy atom. The molecule has 4 heteroatoms. The molecule has 1 N–H and O–H groups in total. The fourth-order valence-corrected chi connectivity index (χ4v) is 1.87. The molecule has 4 nitrogen and oxygen atoms in total. The van der Waals surface area contributed by atoms with Gasteiger partial charge in [-0.25, -0.2) is 0 Å². The number of phenols is 1. The molecular formula is C18H21NO3. The molecule has 22 heavy (non-hydrogen) atoms. The van der Waals surface area contributed by atoms with Gasteiger partial charge in [-0.3, -0.25) is 4.99 Å². The monoisotopic (exact) mass is 299 g/mol. The quantitative estimate of drug-likeness (QED) is 0.611. The van der Waals surface area contributed by atoms with Crippen molar-refractivity contribution in [1.29, 1.82) is 0 Å². The van der Waals surface area contributed by atoms with Crippen molar-refractivity contribution in [1.82, 2.24) is 0 Å². The fourth-order valence-electron chi connectivity index (χ4n) is 1.87. The molecule has 116 valence electrons. The molecular weight excluding hydrogens is 278 g/mol. The lowest BCUT2D eigenvalue weighted by Gasteiger charge is -2.06. The molecule has 2 rings (SSSR count). The zero-order valence-corrected chi connectivity index (χ0v) is 13.0. The van der Waals surface area contributed by atoms with E-state index in [0.717, 1.165) is 24.3 Å². The van der Waals surface area contributed by atoms with Crippen LogP contribution < -0.4 is 9.47 Å². The highest BCUT2D eigenvalue weighted by molar-refractivity contribution is 5.85. The second-order valence-electron chi connectivity index (χ2n) is 4.88. The lowest BCUT2D eigenvalue weighted by molar-refractivity contribution is 0.307. The first kappa shape index (κ1) is 15.9. The molecule has 0 amide bonds. The van der Waals surface area contributed by atoms with Gasteiger partial charge < -0.3 is 14.6 Å². The van der Waals surface area contributed by atoms with Crippen LogP contribution in [0.15, 0.2) is 47.5 Å². The lowest BCUT2D eigenvalue weighted by atomic mass is 10.2. The number of methoxy groups -OCH3 is 1. The van der Waals surface area contributed by atoms with Gasteiger partial charge in [-0.2, -0.15) is 0 Å². The smallest absolute Gasteiger partial charge is 0.128 e. The highest BCUT2D eigenvalue weighted by atomic mass is 16.5. The summed E-state index contributed by atoms with van der Waals surface area (Å²) in [6, 6.07) is 12.6. The van der Waals surface area contributed by atoms with Crippen LogP contribution in [0.2, 0.25) is 0 Å². The predicted octanol–water partition coefficient (Wildman–Crippen LogP) is 4.33. The molecule has 0 saturated heterocycles. The van der Waals surface area contributed by atoms with Crippen LogP contribution in [0.1, 0.15) is 25.3 Å². The Hall–Kier alpha value is -2.49. The molecule has 2 aromatic rings. The van der Waals surface area contributed by atoms with Crippen molar-refractivity contribution in [2.45, 2.75) is 19.8 Å². The molecule has 0 radical (unpaired) electrons. The maximum Gasteiger partial charge on any atom is 0.128 e. The van der Waals surface area contributed by atoms with Gasteiger partial charge in [0.15, 0.2) is 0 Å². The van der Waals surface area contributed by atoms with Gasteiger partial charge in [0.25, 0.3) is 0 Å². The van der Waals surface area contributed by atoms with Gasteiger partial charge in [-0.05, 0) is 42.8 Å². The summed E-state index contributed by atoms with van der Waals surface area (Å²) < 4.78 is 10.7. The Bertz CT molecular complexity index is 621. The number of aliphatic imine (C=N–C) groups is 1. The second-order valence-corrected chi connectivity index (χ2v) is 4.88. The first-order valence-electron chi connectivity index (χ1n) is 7.37. The number of hydrogen-bond acceptors (Lipinski definition) is 4. The average Bonchev–Trinajstić information content (AvgIpc) is 2.55. The fraction of sp³-hybridized carbons (Fsp3) is 0.278. The topological polar surface area (TPSA) is 51.0 Å². The van der Waals surface area contributed by atoms with Crippen molar-refractivity contribution < 1.29 is 14.6 Å². The minimum Gasteiger partial charge on any atom is -0.507 e. The standard InChI is InChI=1S/C18H21NO3/c1-3-4-11-22-17-8-5-14(18(20)12-17)13-19-15-6-9-16(21-2)10-7-15/h5-10,12-13,20H,3-4,11H2,1-2H3. The highest BCUT2D eigenvalue weighted by Gasteiger charge is 2.01. The summed E-state index contributed by atoms with van der Waals surface area (Å²) in [6.07, 6.45) is 3.72. The van der Waals surface area contributed by atoms with Gasteiger partial charge in [0.05, 0.1) is 19.4 Å². The van der Waals surface area contributed by atoms with E-state index in [1.807, 2.05) is 30.3 Å². The average molecular weight is 299 g/mol. The first-order chi connectivity index (χ1) is 10.7. The van der Waals surface area contributed by atoms with Crippen molar-refractivity contribution in [2.75, 3.05) is 13.7 Å². The van der Waals surface area contributed by atoms with E-state index in [4.69, 9.17) is 9.47 Å². The van der Waals surface area contributed by atoms with E-state index in [9.17, 15) is 5.11 Å². The number of aromatic hydroxyl groups is 1. The molecule has 0 aliphatic rings. The van der Waals surface area contributed by atoms with Crippen LogP contribution in [-0.4, -0.2) is 25.0 Å². The third kappa shape index (κ3) is 4.52. The maximum absolute atomic E-state index is 10.0. The van der Waals surface area contributed by atoms with Crippen molar-refractivity contribution >= 4 is 11.9 Å². The zero-order valence-electron chi connectivity index (χ0n) is 13.0. The lowest BCUT2D eigenvalue weighted by Crippen LogP contribution is -1.96. The van der Waals surface area contributed by atoms with Crippen LogP contribution in [0.4, 0.5) is 5.69 Å². The molecule has 0 fully saturated rings. The van der Waals surface area contributed by atoms with Gasteiger partial charge in [-0.15, -0.1) is 0 Å². The summed E-state index contributed by atoms with van der Waals surface area (Å²) in [5.41, 5.74) is 1.45. The van der Waals surface area contributed by atoms with Gasteiger partial charge in [-0.1, -0.05) is 13.3 Å². The third-order valence-electron chi connectivity index (χ3n) is 3.19. The number of unbranched alkanes of at least 4 members (excludes halogenated alkanes) is 1. The summed E-state index contributed by atoms with van der Waals surface area (Å²) in [5.74, 6) is 1.62. The number of benzene rings is 2. The minimum absolute atomic E-state index is 0.159. The van der Waals surface area contributed by atoms with Gasteiger partial charge in [0, 0.05) is 17.8 Å². The number of hydrogen-bond donors (Lipinski definition) is 1. The summed E-state index contributed by atoms with van der Waals surface area (Å²) in [5, 5.41) is 10.0. The van der Waals surface area contributed by atoms with Crippen LogP contribution in [0.25, 0.3) is 0 Å². The van der Waals surface area contributed by atoms with Crippen molar-refractivity contribution in [3.05, 3.63) is 48.0 Å². The molecule has 2 aromatic carbocycles. The number of nitrogens with zero attached hydrogens (tertiary/aromatic N) is 1. The van der Waals surface area contributed by atoms with E-state index < -0.39 is 0 Å². The van der Waals surface area contributed by atoms with Gasteiger partial charge in [0.1, 0.15) is 17.2 Å². The Balaban J connectivity index is 2.03. The molecule has 0 saturated carbocycles. The SMILES string of the molecule is CCCCOc1ccc(C=Nc2ccc(OC)cc2)c(O)c1. The molecule has 0 spiro atoms. The zero-order chi connectivity index (χ0) is 15.8. The van der Waals surface area contributed by atoms with E-state index in [1.165, 1.54) is 0 Å². The molecule has 0 unspecified atom stereocenters. The normalized spacial score (nSPS) is 10.8. The van der Waals surface area contributed by atoms with E-state index >= 15 is 0 Å². The van der Waals surface area contributed by atoms with E-state index in [-0.39, 0.29) is 5.75 Å². The van der Waals surface area contributed by atoms with Crippen LogP contribution in [0.5, 0.6) is 17.2 Å². The molecule has 0 aliphatic heterocycles. The molecule has 0 aromatic heterocycles. The van der Waals surface area contributed by atoms with Crippen LogP contribution in [0.3, 0.4) is 0 Å². The number of phenolic OH excluding ortho intramolecular Hbond substituents is 1. The summed E-state index contributed by atoms with van der Waals surface area (Å²) >= 11 is 0. The van der Waals surface area contributed by atoms with E-state index in [0.29, 0.717) is 17.9 Å². The van der Waals surface area contributed by atoms with E-state index in [1.54, 1.807) is 25.5 Å². The first-order valence-corrected chi connectivity index (χ1v) is 7.37. The minimum atomic E-state index is 0.159. The Labute approximate surface area is 131 Å². The molecule has 0 bridgehead atoms. The highest BCUT2D eigenvalue weighted by Crippen LogP contribution is 2.24.